The lowest BCUT2D eigenvalue weighted by Gasteiger charge is -2.10. The van der Waals surface area contributed by atoms with Crippen LogP contribution in [0.5, 0.6) is 0 Å². The molecule has 0 unspecified atom stereocenters. The van der Waals surface area contributed by atoms with Gasteiger partial charge in [-0.05, 0) is 25.1 Å². The second-order valence-electron chi connectivity index (χ2n) is 3.65. The van der Waals surface area contributed by atoms with Crippen LogP contribution in [0.25, 0.3) is 0 Å². The number of nitrogens with one attached hydrogen (secondary N) is 2. The average molecular weight is 284 g/mol. The maximum absolute atomic E-state index is 5.93. The van der Waals surface area contributed by atoms with E-state index in [0.29, 0.717) is 21.8 Å². The van der Waals surface area contributed by atoms with Crippen LogP contribution in [0, 0.1) is 6.92 Å². The first-order valence-electron chi connectivity index (χ1n) is 5.12. The Morgan fingerprint density at radius 1 is 1.17 bits per heavy atom. The third kappa shape index (κ3) is 3.01. The summed E-state index contributed by atoms with van der Waals surface area (Å²) >= 11 is 11.9. The quantitative estimate of drug-likeness (QED) is 0.596. The number of nitrogens with two attached hydrogens (primary N) is 1. The Balaban J connectivity index is 2.33. The lowest BCUT2D eigenvalue weighted by Crippen LogP contribution is -2.11. The van der Waals surface area contributed by atoms with Gasteiger partial charge in [-0.1, -0.05) is 23.2 Å². The molecule has 94 valence electrons. The fourth-order valence-electron chi connectivity index (χ4n) is 1.40. The van der Waals surface area contributed by atoms with Crippen LogP contribution in [0.4, 0.5) is 17.5 Å². The number of hydrogen-bond acceptors (Lipinski definition) is 5. The number of benzene rings is 1. The minimum Gasteiger partial charge on any atom is -0.340 e. The topological polar surface area (TPSA) is 75.9 Å². The van der Waals surface area contributed by atoms with Gasteiger partial charge in [0.1, 0.15) is 5.82 Å². The van der Waals surface area contributed by atoms with Gasteiger partial charge in [0, 0.05) is 27.5 Å². The lowest BCUT2D eigenvalue weighted by molar-refractivity contribution is 1.09. The summed E-state index contributed by atoms with van der Waals surface area (Å²) in [6, 6.07) is 5.17. The zero-order chi connectivity index (χ0) is 13.1. The van der Waals surface area contributed by atoms with Crippen LogP contribution >= 0.6 is 23.2 Å². The van der Waals surface area contributed by atoms with Crippen molar-refractivity contribution < 1.29 is 0 Å². The third-order valence-corrected chi connectivity index (χ3v) is 2.66. The van der Waals surface area contributed by atoms with E-state index in [0.717, 1.165) is 11.3 Å². The van der Waals surface area contributed by atoms with Gasteiger partial charge in [0.05, 0.1) is 0 Å². The van der Waals surface area contributed by atoms with E-state index in [2.05, 4.69) is 20.7 Å². The van der Waals surface area contributed by atoms with Gasteiger partial charge in [-0.3, -0.25) is 5.43 Å². The molecule has 7 heteroatoms. The number of hydrazine groups is 1. The van der Waals surface area contributed by atoms with E-state index in [1.54, 1.807) is 24.4 Å². The van der Waals surface area contributed by atoms with Crippen molar-refractivity contribution in [1.82, 2.24) is 9.97 Å². The Morgan fingerprint density at radius 3 is 2.44 bits per heavy atom. The Hall–Kier alpha value is -1.56. The molecule has 0 saturated carbocycles. The summed E-state index contributed by atoms with van der Waals surface area (Å²) in [5, 5.41) is 4.21. The molecule has 0 amide bonds. The summed E-state index contributed by atoms with van der Waals surface area (Å²) in [6.07, 6.45) is 1.66. The summed E-state index contributed by atoms with van der Waals surface area (Å²) < 4.78 is 0. The Bertz CT molecular complexity index is 553. The number of halogens is 2. The van der Waals surface area contributed by atoms with Crippen molar-refractivity contribution >= 4 is 40.7 Å². The molecule has 2 rings (SSSR count). The van der Waals surface area contributed by atoms with E-state index in [1.807, 2.05) is 6.92 Å². The molecular formula is C11H11Cl2N5. The van der Waals surface area contributed by atoms with Gasteiger partial charge in [0.15, 0.2) is 0 Å². The predicted octanol–water partition coefficient (Wildman–Crippen LogP) is 3.12. The zero-order valence-corrected chi connectivity index (χ0v) is 11.0. The van der Waals surface area contributed by atoms with E-state index in [4.69, 9.17) is 29.0 Å². The highest BCUT2D eigenvalue weighted by molar-refractivity contribution is 6.35. The molecule has 1 aromatic heterocycles. The number of nitrogen functional groups attached to an aromatic ring is 1. The molecule has 5 nitrogen and oxygen atoms in total. The van der Waals surface area contributed by atoms with Crippen LogP contribution in [0.3, 0.4) is 0 Å². The summed E-state index contributed by atoms with van der Waals surface area (Å²) in [6.45, 7) is 1.88. The first-order chi connectivity index (χ1) is 8.58. The van der Waals surface area contributed by atoms with E-state index >= 15 is 0 Å². The van der Waals surface area contributed by atoms with E-state index < -0.39 is 0 Å². The van der Waals surface area contributed by atoms with Crippen molar-refractivity contribution in [3.8, 4) is 0 Å². The standard InChI is InChI=1S/C11H11Cl2N5/c1-6-5-15-11(18-14)17-10(6)16-9-3-7(12)2-8(13)4-9/h2-5H,14H2,1H3,(H2,15,16,17,18). The molecule has 2 aromatic rings. The molecule has 1 aromatic carbocycles. The predicted molar refractivity (Wildman–Crippen MR) is 74.3 cm³/mol. The van der Waals surface area contributed by atoms with Crippen molar-refractivity contribution in [2.45, 2.75) is 6.92 Å². The molecule has 0 spiro atoms. The van der Waals surface area contributed by atoms with Crippen LogP contribution in [0.2, 0.25) is 10.0 Å². The van der Waals surface area contributed by atoms with Crippen molar-refractivity contribution in [1.29, 1.82) is 0 Å². The van der Waals surface area contributed by atoms with Crippen molar-refractivity contribution in [3.05, 3.63) is 40.0 Å². The van der Waals surface area contributed by atoms with Crippen molar-refractivity contribution in [2.24, 2.45) is 5.84 Å². The van der Waals surface area contributed by atoms with Gasteiger partial charge in [0.25, 0.3) is 0 Å². The van der Waals surface area contributed by atoms with Gasteiger partial charge in [-0.25, -0.2) is 10.8 Å². The molecule has 0 bridgehead atoms. The number of hydrogen-bond donors (Lipinski definition) is 3. The molecule has 0 radical (unpaired) electrons. The molecule has 0 atom stereocenters. The van der Waals surface area contributed by atoms with E-state index in [-0.39, 0.29) is 0 Å². The van der Waals surface area contributed by atoms with Crippen LogP contribution in [-0.4, -0.2) is 9.97 Å². The monoisotopic (exact) mass is 283 g/mol. The van der Waals surface area contributed by atoms with Gasteiger partial charge in [-0.15, -0.1) is 0 Å². The molecule has 0 aliphatic heterocycles. The van der Waals surface area contributed by atoms with Gasteiger partial charge in [0.2, 0.25) is 5.95 Å². The number of aryl methyl sites for hydroxylation is 1. The Kier molecular flexibility index (Phi) is 3.86. The Labute approximate surface area is 114 Å². The normalized spacial score (nSPS) is 10.2. The first-order valence-corrected chi connectivity index (χ1v) is 5.87. The highest BCUT2D eigenvalue weighted by Gasteiger charge is 2.05. The van der Waals surface area contributed by atoms with Crippen LogP contribution in [0.15, 0.2) is 24.4 Å². The first kappa shape index (κ1) is 12.9. The SMILES string of the molecule is Cc1cnc(NN)nc1Nc1cc(Cl)cc(Cl)c1. The molecule has 0 fully saturated rings. The van der Waals surface area contributed by atoms with Crippen LogP contribution in [-0.2, 0) is 0 Å². The van der Waals surface area contributed by atoms with Crippen LogP contribution in [0.1, 0.15) is 5.56 Å². The number of rotatable bonds is 3. The lowest BCUT2D eigenvalue weighted by atomic mass is 10.3. The van der Waals surface area contributed by atoms with Gasteiger partial charge < -0.3 is 5.32 Å². The summed E-state index contributed by atoms with van der Waals surface area (Å²) in [7, 11) is 0. The molecule has 4 N–H and O–H groups in total. The minimum atomic E-state index is 0.330. The summed E-state index contributed by atoms with van der Waals surface area (Å²) in [5.74, 6) is 6.23. The second-order valence-corrected chi connectivity index (χ2v) is 4.53. The van der Waals surface area contributed by atoms with Crippen molar-refractivity contribution in [2.75, 3.05) is 10.7 Å². The fourth-order valence-corrected chi connectivity index (χ4v) is 1.93. The molecule has 1 heterocycles. The highest BCUT2D eigenvalue weighted by Crippen LogP contribution is 2.25. The summed E-state index contributed by atoms with van der Waals surface area (Å²) in [5.41, 5.74) is 4.02. The molecule has 18 heavy (non-hydrogen) atoms. The van der Waals surface area contributed by atoms with Crippen molar-refractivity contribution in [3.63, 3.8) is 0 Å². The molecule has 0 saturated heterocycles. The maximum atomic E-state index is 5.93. The highest BCUT2D eigenvalue weighted by atomic mass is 35.5. The zero-order valence-electron chi connectivity index (χ0n) is 9.54. The maximum Gasteiger partial charge on any atom is 0.239 e. The van der Waals surface area contributed by atoms with E-state index in [9.17, 15) is 0 Å². The number of anilines is 3. The van der Waals surface area contributed by atoms with Gasteiger partial charge >= 0.3 is 0 Å². The van der Waals surface area contributed by atoms with Gasteiger partial charge in [-0.2, -0.15) is 4.98 Å². The minimum absolute atomic E-state index is 0.330. The second kappa shape index (κ2) is 5.39. The van der Waals surface area contributed by atoms with E-state index in [1.165, 1.54) is 0 Å². The average Bonchev–Trinajstić information content (AvgIpc) is 2.30. The summed E-state index contributed by atoms with van der Waals surface area (Å²) in [4.78, 5) is 8.20. The molecule has 0 aliphatic carbocycles. The third-order valence-electron chi connectivity index (χ3n) is 2.23. The fraction of sp³-hybridized carbons (Fsp3) is 0.0909. The Morgan fingerprint density at radius 2 is 1.83 bits per heavy atom. The molecular weight excluding hydrogens is 273 g/mol. The van der Waals surface area contributed by atoms with Crippen LogP contribution < -0.4 is 16.6 Å². The largest absolute Gasteiger partial charge is 0.340 e. The number of aromatic nitrogens is 2. The molecule has 0 aliphatic rings. The number of nitrogens with zero attached hydrogens (tertiary/aromatic N) is 2. The smallest absolute Gasteiger partial charge is 0.239 e.